The van der Waals surface area contributed by atoms with Gasteiger partial charge in [0.1, 0.15) is 5.82 Å². The molecule has 0 spiro atoms. The topological polar surface area (TPSA) is 21.3 Å². The molecule has 3 heteroatoms. The predicted molar refractivity (Wildman–Crippen MR) is 71.0 cm³/mol. The second-order valence-electron chi connectivity index (χ2n) is 4.88. The monoisotopic (exact) mass is 251 g/mol. The molecule has 1 aliphatic heterocycles. The van der Waals surface area contributed by atoms with E-state index in [2.05, 4.69) is 12.2 Å². The van der Waals surface area contributed by atoms with Gasteiger partial charge in [0.05, 0.1) is 6.10 Å². The number of ether oxygens (including phenoxy) is 1. The maximum Gasteiger partial charge on any atom is 0.127 e. The third-order valence-corrected chi connectivity index (χ3v) is 3.55. The van der Waals surface area contributed by atoms with Gasteiger partial charge in [-0.25, -0.2) is 4.39 Å². The molecule has 0 aliphatic carbocycles. The van der Waals surface area contributed by atoms with Gasteiger partial charge in [-0.3, -0.25) is 0 Å². The van der Waals surface area contributed by atoms with Gasteiger partial charge in [-0.15, -0.1) is 0 Å². The molecule has 2 unspecified atom stereocenters. The summed E-state index contributed by atoms with van der Waals surface area (Å²) < 4.78 is 19.4. The molecule has 100 valence electrons. The molecule has 0 saturated carbocycles. The summed E-state index contributed by atoms with van der Waals surface area (Å²) in [5, 5.41) is 3.43. The van der Waals surface area contributed by atoms with Crippen molar-refractivity contribution in [2.75, 3.05) is 13.2 Å². The minimum Gasteiger partial charge on any atom is -0.377 e. The SMILES string of the molecule is CCC(NCC1CCCCO1)c1ccccc1F. The molecule has 0 aromatic heterocycles. The molecule has 1 saturated heterocycles. The van der Waals surface area contributed by atoms with E-state index < -0.39 is 0 Å². The third-order valence-electron chi connectivity index (χ3n) is 3.55. The summed E-state index contributed by atoms with van der Waals surface area (Å²) >= 11 is 0. The second kappa shape index (κ2) is 6.86. The molecule has 0 amide bonds. The van der Waals surface area contributed by atoms with Crippen molar-refractivity contribution in [3.8, 4) is 0 Å². The molecule has 1 aromatic carbocycles. The van der Waals surface area contributed by atoms with Gasteiger partial charge in [0.2, 0.25) is 0 Å². The highest BCUT2D eigenvalue weighted by atomic mass is 19.1. The Morgan fingerprint density at radius 2 is 2.22 bits per heavy atom. The summed E-state index contributed by atoms with van der Waals surface area (Å²) in [6, 6.07) is 7.08. The number of halogens is 1. The van der Waals surface area contributed by atoms with Gasteiger partial charge in [-0.1, -0.05) is 25.1 Å². The summed E-state index contributed by atoms with van der Waals surface area (Å²) in [6.07, 6.45) is 4.69. The van der Waals surface area contributed by atoms with E-state index in [0.29, 0.717) is 6.10 Å². The third kappa shape index (κ3) is 3.53. The zero-order valence-electron chi connectivity index (χ0n) is 11.0. The first-order chi connectivity index (χ1) is 8.81. The van der Waals surface area contributed by atoms with Crippen molar-refractivity contribution in [1.29, 1.82) is 0 Å². The Balaban J connectivity index is 1.91. The van der Waals surface area contributed by atoms with Crippen molar-refractivity contribution in [2.45, 2.75) is 44.8 Å². The van der Waals surface area contributed by atoms with Gasteiger partial charge in [0.25, 0.3) is 0 Å². The quantitative estimate of drug-likeness (QED) is 0.865. The lowest BCUT2D eigenvalue weighted by Crippen LogP contribution is -2.34. The van der Waals surface area contributed by atoms with E-state index in [-0.39, 0.29) is 11.9 Å². The number of benzene rings is 1. The van der Waals surface area contributed by atoms with Crippen molar-refractivity contribution < 1.29 is 9.13 Å². The van der Waals surface area contributed by atoms with Crippen LogP contribution in [0.3, 0.4) is 0 Å². The van der Waals surface area contributed by atoms with Gasteiger partial charge in [0, 0.05) is 24.8 Å². The molecule has 1 aromatic rings. The lowest BCUT2D eigenvalue weighted by molar-refractivity contribution is 0.0152. The summed E-state index contributed by atoms with van der Waals surface area (Å²) in [6.45, 7) is 3.75. The standard InChI is InChI=1S/C15H22FNO/c1-2-15(13-8-3-4-9-14(13)16)17-11-12-7-5-6-10-18-12/h3-4,8-9,12,15,17H,2,5-7,10-11H2,1H3. The van der Waals surface area contributed by atoms with Crippen molar-refractivity contribution in [2.24, 2.45) is 0 Å². The van der Waals surface area contributed by atoms with E-state index in [9.17, 15) is 4.39 Å². The molecular formula is C15H22FNO. The number of hydrogen-bond acceptors (Lipinski definition) is 2. The first-order valence-electron chi connectivity index (χ1n) is 6.90. The van der Waals surface area contributed by atoms with E-state index in [1.807, 2.05) is 12.1 Å². The van der Waals surface area contributed by atoms with Crippen LogP contribution in [0.15, 0.2) is 24.3 Å². The first kappa shape index (κ1) is 13.5. The van der Waals surface area contributed by atoms with Crippen molar-refractivity contribution in [3.05, 3.63) is 35.6 Å². The van der Waals surface area contributed by atoms with Crippen molar-refractivity contribution >= 4 is 0 Å². The number of rotatable bonds is 5. The van der Waals surface area contributed by atoms with E-state index in [4.69, 9.17) is 4.74 Å². The fourth-order valence-corrected chi connectivity index (χ4v) is 2.47. The fourth-order valence-electron chi connectivity index (χ4n) is 2.47. The molecule has 1 aliphatic rings. The van der Waals surface area contributed by atoms with Gasteiger partial charge in [-0.05, 0) is 31.7 Å². The highest BCUT2D eigenvalue weighted by Gasteiger charge is 2.17. The molecule has 2 nitrogen and oxygen atoms in total. The molecule has 1 fully saturated rings. The molecule has 1 N–H and O–H groups in total. The fraction of sp³-hybridized carbons (Fsp3) is 0.600. The lowest BCUT2D eigenvalue weighted by Gasteiger charge is -2.26. The van der Waals surface area contributed by atoms with Crippen LogP contribution in [0.25, 0.3) is 0 Å². The average Bonchev–Trinajstić information content (AvgIpc) is 2.42. The minimum absolute atomic E-state index is 0.0803. The van der Waals surface area contributed by atoms with Gasteiger partial charge < -0.3 is 10.1 Å². The van der Waals surface area contributed by atoms with Crippen LogP contribution >= 0.6 is 0 Å². The van der Waals surface area contributed by atoms with Crippen LogP contribution in [0.5, 0.6) is 0 Å². The molecule has 18 heavy (non-hydrogen) atoms. The molecular weight excluding hydrogens is 229 g/mol. The zero-order chi connectivity index (χ0) is 12.8. The predicted octanol–water partition coefficient (Wildman–Crippen LogP) is 3.44. The lowest BCUT2D eigenvalue weighted by atomic mass is 10.0. The Kier molecular flexibility index (Phi) is 5.14. The maximum absolute atomic E-state index is 13.7. The summed E-state index contributed by atoms with van der Waals surface area (Å²) in [4.78, 5) is 0. The Hall–Kier alpha value is -0.930. The minimum atomic E-state index is -0.124. The van der Waals surface area contributed by atoms with Gasteiger partial charge in [-0.2, -0.15) is 0 Å². The molecule has 0 bridgehead atoms. The van der Waals surface area contributed by atoms with Crippen LogP contribution in [-0.4, -0.2) is 19.3 Å². The summed E-state index contributed by atoms with van der Waals surface area (Å²) in [5.74, 6) is -0.124. The molecule has 1 heterocycles. The van der Waals surface area contributed by atoms with Gasteiger partial charge >= 0.3 is 0 Å². The second-order valence-corrected chi connectivity index (χ2v) is 4.88. The van der Waals surface area contributed by atoms with E-state index in [1.54, 1.807) is 6.07 Å². The Morgan fingerprint density at radius 1 is 1.39 bits per heavy atom. The average molecular weight is 251 g/mol. The number of hydrogen-bond donors (Lipinski definition) is 1. The highest BCUT2D eigenvalue weighted by molar-refractivity contribution is 5.21. The van der Waals surface area contributed by atoms with Crippen LogP contribution in [-0.2, 0) is 4.74 Å². The van der Waals surface area contributed by atoms with E-state index >= 15 is 0 Å². The van der Waals surface area contributed by atoms with Gasteiger partial charge in [0.15, 0.2) is 0 Å². The Labute approximate surface area is 109 Å². The van der Waals surface area contributed by atoms with Crippen LogP contribution in [0, 0.1) is 5.82 Å². The summed E-state index contributed by atoms with van der Waals surface area (Å²) in [5.41, 5.74) is 0.760. The van der Waals surface area contributed by atoms with Crippen LogP contribution < -0.4 is 5.32 Å². The Bertz CT molecular complexity index is 363. The number of nitrogens with one attached hydrogen (secondary N) is 1. The van der Waals surface area contributed by atoms with Crippen LogP contribution in [0.1, 0.15) is 44.2 Å². The molecule has 0 radical (unpaired) electrons. The highest BCUT2D eigenvalue weighted by Crippen LogP contribution is 2.20. The van der Waals surface area contributed by atoms with Crippen LogP contribution in [0.4, 0.5) is 4.39 Å². The largest absolute Gasteiger partial charge is 0.377 e. The van der Waals surface area contributed by atoms with E-state index in [0.717, 1.165) is 31.6 Å². The Morgan fingerprint density at radius 3 is 2.89 bits per heavy atom. The zero-order valence-corrected chi connectivity index (χ0v) is 11.0. The maximum atomic E-state index is 13.7. The first-order valence-corrected chi connectivity index (χ1v) is 6.90. The van der Waals surface area contributed by atoms with Crippen LogP contribution in [0.2, 0.25) is 0 Å². The van der Waals surface area contributed by atoms with Crippen molar-refractivity contribution in [3.63, 3.8) is 0 Å². The molecule has 2 rings (SSSR count). The smallest absolute Gasteiger partial charge is 0.127 e. The van der Waals surface area contributed by atoms with E-state index in [1.165, 1.54) is 18.9 Å². The summed E-state index contributed by atoms with van der Waals surface area (Å²) in [7, 11) is 0. The van der Waals surface area contributed by atoms with Crippen molar-refractivity contribution in [1.82, 2.24) is 5.32 Å². The normalized spacial score (nSPS) is 21.8. The molecule has 2 atom stereocenters.